The lowest BCUT2D eigenvalue weighted by atomic mass is 9.97. The quantitative estimate of drug-likeness (QED) is 0.610. The Hall–Kier alpha value is -0.830. The van der Waals surface area contributed by atoms with Crippen molar-refractivity contribution in [3.8, 4) is 5.75 Å². The average molecular weight is 328 g/mol. The summed E-state index contributed by atoms with van der Waals surface area (Å²) >= 11 is 0. The molecule has 0 aromatic heterocycles. The third-order valence-corrected chi connectivity index (χ3v) is 5.72. The van der Waals surface area contributed by atoms with Crippen LogP contribution < -0.4 is 0 Å². The van der Waals surface area contributed by atoms with E-state index in [-0.39, 0.29) is 6.16 Å². The molecule has 1 rings (SSSR count). The second kappa shape index (κ2) is 9.34. The molecular formula is C17H29O4P. The van der Waals surface area contributed by atoms with Crippen LogP contribution in [0.5, 0.6) is 5.75 Å². The number of phenolic OH excluding ortho intramolecular Hbond substituents is 1. The largest absolute Gasteiger partial charge is 0.507 e. The number of phenols is 1. The van der Waals surface area contributed by atoms with Crippen molar-refractivity contribution >= 4 is 7.60 Å². The van der Waals surface area contributed by atoms with Gasteiger partial charge in [-0.1, -0.05) is 38.8 Å². The first-order valence-electron chi connectivity index (χ1n) is 8.03. The maximum Gasteiger partial charge on any atom is 0.334 e. The molecule has 0 aliphatic rings. The predicted molar refractivity (Wildman–Crippen MR) is 90.7 cm³/mol. The van der Waals surface area contributed by atoms with Gasteiger partial charge in [-0.25, -0.2) is 0 Å². The molecule has 0 amide bonds. The Morgan fingerprint density at radius 1 is 1.00 bits per heavy atom. The van der Waals surface area contributed by atoms with Crippen LogP contribution in [0, 0.1) is 0 Å². The molecule has 4 nitrogen and oxygen atoms in total. The molecule has 0 fully saturated rings. The van der Waals surface area contributed by atoms with Crippen LogP contribution in [-0.2, 0) is 32.6 Å². The molecule has 0 spiro atoms. The summed E-state index contributed by atoms with van der Waals surface area (Å²) in [6, 6.07) is 3.87. The van der Waals surface area contributed by atoms with Crippen LogP contribution in [0.3, 0.4) is 0 Å². The van der Waals surface area contributed by atoms with Gasteiger partial charge >= 0.3 is 7.60 Å². The van der Waals surface area contributed by atoms with Crippen molar-refractivity contribution < 1.29 is 18.7 Å². The van der Waals surface area contributed by atoms with Crippen molar-refractivity contribution in [1.82, 2.24) is 0 Å². The first-order chi connectivity index (χ1) is 10.5. The third kappa shape index (κ3) is 5.42. The number of unbranched alkanes of at least 4 members (excludes halogenated alkanes) is 2. The SMILES string of the molecule is CCCCc1cc(CP(=O)(OC)OC)cc(CCCC)c1O. The Morgan fingerprint density at radius 3 is 1.82 bits per heavy atom. The van der Waals surface area contributed by atoms with E-state index in [0.29, 0.717) is 5.75 Å². The normalized spacial score (nSPS) is 11.8. The highest BCUT2D eigenvalue weighted by molar-refractivity contribution is 7.52. The van der Waals surface area contributed by atoms with Crippen LogP contribution in [0.2, 0.25) is 0 Å². The zero-order valence-corrected chi connectivity index (χ0v) is 15.1. The van der Waals surface area contributed by atoms with Gasteiger partial charge in [-0.3, -0.25) is 4.57 Å². The van der Waals surface area contributed by atoms with Crippen molar-refractivity contribution in [2.45, 2.75) is 58.5 Å². The number of rotatable bonds is 10. The van der Waals surface area contributed by atoms with Crippen LogP contribution >= 0.6 is 7.60 Å². The zero-order valence-electron chi connectivity index (χ0n) is 14.2. The van der Waals surface area contributed by atoms with Gasteiger partial charge in [-0.2, -0.15) is 0 Å². The summed E-state index contributed by atoms with van der Waals surface area (Å²) < 4.78 is 22.4. The summed E-state index contributed by atoms with van der Waals surface area (Å²) in [6.07, 6.45) is 6.09. The van der Waals surface area contributed by atoms with Gasteiger partial charge in [0.2, 0.25) is 0 Å². The molecule has 5 heteroatoms. The molecule has 0 heterocycles. The Labute approximate surface area is 134 Å². The van der Waals surface area contributed by atoms with E-state index in [2.05, 4.69) is 13.8 Å². The lowest BCUT2D eigenvalue weighted by Crippen LogP contribution is -1.99. The number of aromatic hydroxyl groups is 1. The summed E-state index contributed by atoms with van der Waals surface area (Å²) in [6.45, 7) is 4.26. The van der Waals surface area contributed by atoms with E-state index in [9.17, 15) is 9.67 Å². The van der Waals surface area contributed by atoms with E-state index in [1.807, 2.05) is 12.1 Å². The fraction of sp³-hybridized carbons (Fsp3) is 0.647. The van der Waals surface area contributed by atoms with Gasteiger partial charge in [-0.05, 0) is 42.4 Å². The lowest BCUT2D eigenvalue weighted by Gasteiger charge is -2.17. The molecule has 1 aromatic carbocycles. The monoisotopic (exact) mass is 328 g/mol. The van der Waals surface area contributed by atoms with Gasteiger partial charge in [0.15, 0.2) is 0 Å². The summed E-state index contributed by atoms with van der Waals surface area (Å²) in [4.78, 5) is 0. The molecule has 0 aliphatic carbocycles. The van der Waals surface area contributed by atoms with E-state index in [1.54, 1.807) is 0 Å². The topological polar surface area (TPSA) is 55.8 Å². The molecule has 0 saturated carbocycles. The first kappa shape index (κ1) is 19.2. The maximum absolute atomic E-state index is 12.3. The first-order valence-corrected chi connectivity index (χ1v) is 9.76. The number of hydrogen-bond donors (Lipinski definition) is 1. The highest BCUT2D eigenvalue weighted by Gasteiger charge is 2.23. The van der Waals surface area contributed by atoms with Gasteiger partial charge in [0.1, 0.15) is 5.75 Å². The smallest absolute Gasteiger partial charge is 0.334 e. The number of hydrogen-bond acceptors (Lipinski definition) is 4. The van der Waals surface area contributed by atoms with E-state index in [0.717, 1.165) is 55.2 Å². The summed E-state index contributed by atoms with van der Waals surface area (Å²) in [5, 5.41) is 10.4. The zero-order chi connectivity index (χ0) is 16.6. The molecule has 0 saturated heterocycles. The molecule has 0 aliphatic heterocycles. The van der Waals surface area contributed by atoms with Crippen molar-refractivity contribution in [3.05, 3.63) is 28.8 Å². The molecule has 0 radical (unpaired) electrons. The summed E-state index contributed by atoms with van der Waals surface area (Å²) in [5.41, 5.74) is 2.77. The van der Waals surface area contributed by atoms with Gasteiger partial charge < -0.3 is 14.2 Å². The lowest BCUT2D eigenvalue weighted by molar-refractivity contribution is 0.274. The van der Waals surface area contributed by atoms with Gasteiger partial charge in [0.05, 0.1) is 6.16 Å². The van der Waals surface area contributed by atoms with Crippen molar-refractivity contribution in [3.63, 3.8) is 0 Å². The van der Waals surface area contributed by atoms with E-state index >= 15 is 0 Å². The average Bonchev–Trinajstić information content (AvgIpc) is 2.53. The van der Waals surface area contributed by atoms with Gasteiger partial charge in [-0.15, -0.1) is 0 Å². The Morgan fingerprint density at radius 2 is 1.45 bits per heavy atom. The summed E-state index contributed by atoms with van der Waals surface area (Å²) in [7, 11) is -0.284. The van der Waals surface area contributed by atoms with Crippen LogP contribution in [-0.4, -0.2) is 19.3 Å². The maximum atomic E-state index is 12.3. The minimum absolute atomic E-state index is 0.235. The van der Waals surface area contributed by atoms with E-state index in [4.69, 9.17) is 9.05 Å². The van der Waals surface area contributed by atoms with Crippen molar-refractivity contribution in [2.24, 2.45) is 0 Å². The Kier molecular flexibility index (Phi) is 8.16. The highest BCUT2D eigenvalue weighted by Crippen LogP contribution is 2.50. The molecule has 22 heavy (non-hydrogen) atoms. The predicted octanol–water partition coefficient (Wildman–Crippen LogP) is 5.06. The second-order valence-corrected chi connectivity index (χ2v) is 7.87. The minimum atomic E-state index is -3.09. The minimum Gasteiger partial charge on any atom is -0.507 e. The third-order valence-electron chi connectivity index (χ3n) is 3.86. The Bertz CT molecular complexity index is 476. The Balaban J connectivity index is 3.12. The van der Waals surface area contributed by atoms with Crippen LogP contribution in [0.15, 0.2) is 12.1 Å². The molecule has 126 valence electrons. The van der Waals surface area contributed by atoms with Crippen LogP contribution in [0.25, 0.3) is 0 Å². The highest BCUT2D eigenvalue weighted by atomic mass is 31.2. The number of benzene rings is 1. The van der Waals surface area contributed by atoms with E-state index in [1.165, 1.54) is 14.2 Å². The summed E-state index contributed by atoms with van der Waals surface area (Å²) in [5.74, 6) is 0.398. The van der Waals surface area contributed by atoms with E-state index < -0.39 is 7.60 Å². The standard InChI is InChI=1S/C17H29O4P/c1-5-7-9-15-11-14(13-22(19,20-3)21-4)12-16(17(15)18)10-8-6-2/h11-12,18H,5-10,13H2,1-4H3. The number of aryl methyl sites for hydroxylation is 2. The fourth-order valence-electron chi connectivity index (χ4n) is 2.47. The van der Waals surface area contributed by atoms with Crippen molar-refractivity contribution in [1.29, 1.82) is 0 Å². The van der Waals surface area contributed by atoms with Gasteiger partial charge in [0, 0.05) is 14.2 Å². The molecule has 0 bridgehead atoms. The van der Waals surface area contributed by atoms with Crippen LogP contribution in [0.1, 0.15) is 56.2 Å². The van der Waals surface area contributed by atoms with Crippen LogP contribution in [0.4, 0.5) is 0 Å². The fourth-order valence-corrected chi connectivity index (χ4v) is 3.50. The van der Waals surface area contributed by atoms with Gasteiger partial charge in [0.25, 0.3) is 0 Å². The molecule has 1 N–H and O–H groups in total. The molecule has 1 aromatic rings. The molecule has 0 unspecified atom stereocenters. The van der Waals surface area contributed by atoms with Crippen molar-refractivity contribution in [2.75, 3.05) is 14.2 Å². The molecule has 0 atom stereocenters. The molecular weight excluding hydrogens is 299 g/mol. The second-order valence-electron chi connectivity index (χ2n) is 5.60.